The van der Waals surface area contributed by atoms with Crippen molar-refractivity contribution in [3.05, 3.63) is 224 Å². The molecular formula is C53H37N3. The van der Waals surface area contributed by atoms with E-state index in [1.54, 1.807) is 0 Å². The van der Waals surface area contributed by atoms with Crippen molar-refractivity contribution in [3.8, 4) is 50.5 Å². The highest BCUT2D eigenvalue weighted by molar-refractivity contribution is 6.10. The van der Waals surface area contributed by atoms with Crippen LogP contribution in [-0.4, -0.2) is 9.55 Å². The summed E-state index contributed by atoms with van der Waals surface area (Å²) in [5.41, 5.74) is 15.6. The second kappa shape index (κ2) is 14.4. The molecule has 56 heavy (non-hydrogen) atoms. The Morgan fingerprint density at radius 2 is 0.804 bits per heavy atom. The fourth-order valence-electron chi connectivity index (χ4n) is 7.87. The van der Waals surface area contributed by atoms with Gasteiger partial charge in [-0.2, -0.15) is 0 Å². The standard InChI is InChI=1S/C53H37N3/c1-5-16-39(17-6-1)50-35-43(36-51(54-50)40-18-7-2-8-19-40)42-21-15-20-41(34-42)38-28-30-46(31-29-38)56-52-27-14-13-26-48(52)49-37-47(32-33-53(49)56)55(44-22-9-3-10-23-44)45-24-11-4-12-25-45/h1-37H. The molecule has 8 aromatic carbocycles. The van der Waals surface area contributed by atoms with Gasteiger partial charge in [0.15, 0.2) is 0 Å². The van der Waals surface area contributed by atoms with Crippen molar-refractivity contribution in [1.82, 2.24) is 9.55 Å². The number of hydrogen-bond acceptors (Lipinski definition) is 2. The molecule has 0 amide bonds. The highest BCUT2D eigenvalue weighted by atomic mass is 15.1. The van der Waals surface area contributed by atoms with Crippen molar-refractivity contribution < 1.29 is 0 Å². The van der Waals surface area contributed by atoms with E-state index in [0.29, 0.717) is 0 Å². The highest BCUT2D eigenvalue weighted by Crippen LogP contribution is 2.40. The van der Waals surface area contributed by atoms with E-state index in [-0.39, 0.29) is 0 Å². The molecule has 2 heterocycles. The fourth-order valence-corrected chi connectivity index (χ4v) is 7.87. The van der Waals surface area contributed by atoms with Crippen LogP contribution < -0.4 is 4.90 Å². The minimum absolute atomic E-state index is 0.961. The van der Waals surface area contributed by atoms with Gasteiger partial charge in [0.05, 0.1) is 22.4 Å². The molecule has 0 unspecified atom stereocenters. The molecule has 0 saturated carbocycles. The molecule has 0 aliphatic heterocycles. The maximum Gasteiger partial charge on any atom is 0.0715 e. The number of rotatable bonds is 8. The Bertz CT molecular complexity index is 2840. The lowest BCUT2D eigenvalue weighted by atomic mass is 9.96. The first kappa shape index (κ1) is 33.1. The summed E-state index contributed by atoms with van der Waals surface area (Å²) in [6.45, 7) is 0. The van der Waals surface area contributed by atoms with E-state index >= 15 is 0 Å². The zero-order chi connectivity index (χ0) is 37.3. The van der Waals surface area contributed by atoms with Gasteiger partial charge in [-0.3, -0.25) is 0 Å². The Balaban J connectivity index is 1.03. The van der Waals surface area contributed by atoms with Crippen LogP contribution in [0.2, 0.25) is 0 Å². The average Bonchev–Trinajstić information content (AvgIpc) is 3.61. The Labute approximate surface area is 327 Å². The van der Waals surface area contributed by atoms with Crippen LogP contribution in [0.25, 0.3) is 72.3 Å². The second-order valence-electron chi connectivity index (χ2n) is 14.0. The van der Waals surface area contributed by atoms with E-state index in [1.165, 1.54) is 32.9 Å². The molecule has 0 aliphatic rings. The van der Waals surface area contributed by atoms with E-state index in [0.717, 1.165) is 56.4 Å². The van der Waals surface area contributed by atoms with E-state index in [4.69, 9.17) is 4.98 Å². The maximum absolute atomic E-state index is 5.09. The van der Waals surface area contributed by atoms with Gasteiger partial charge in [0, 0.05) is 44.6 Å². The second-order valence-corrected chi connectivity index (χ2v) is 14.0. The number of hydrogen-bond donors (Lipinski definition) is 0. The van der Waals surface area contributed by atoms with Gasteiger partial charge in [-0.05, 0) is 101 Å². The molecule has 0 spiro atoms. The van der Waals surface area contributed by atoms with Gasteiger partial charge in [-0.15, -0.1) is 0 Å². The summed E-state index contributed by atoms with van der Waals surface area (Å²) in [7, 11) is 0. The summed E-state index contributed by atoms with van der Waals surface area (Å²) < 4.78 is 2.39. The largest absolute Gasteiger partial charge is 0.310 e. The van der Waals surface area contributed by atoms with Crippen molar-refractivity contribution >= 4 is 38.9 Å². The van der Waals surface area contributed by atoms with Crippen LogP contribution in [-0.2, 0) is 0 Å². The molecule has 0 atom stereocenters. The van der Waals surface area contributed by atoms with Crippen LogP contribution in [0.3, 0.4) is 0 Å². The lowest BCUT2D eigenvalue weighted by molar-refractivity contribution is 1.18. The SMILES string of the molecule is c1ccc(-c2cc(-c3cccc(-c4ccc(-n5c6ccccc6c6cc(N(c7ccccc7)c7ccccc7)ccc65)cc4)c3)cc(-c3ccccc3)n2)cc1. The molecule has 0 saturated heterocycles. The van der Waals surface area contributed by atoms with Crippen LogP contribution in [0.5, 0.6) is 0 Å². The first-order valence-corrected chi connectivity index (χ1v) is 19.0. The Kier molecular flexibility index (Phi) is 8.51. The first-order chi connectivity index (χ1) is 27.8. The minimum Gasteiger partial charge on any atom is -0.310 e. The fraction of sp³-hybridized carbons (Fsp3) is 0. The van der Waals surface area contributed by atoms with Crippen molar-refractivity contribution in [1.29, 1.82) is 0 Å². The van der Waals surface area contributed by atoms with E-state index < -0.39 is 0 Å². The molecule has 0 N–H and O–H groups in total. The topological polar surface area (TPSA) is 21.1 Å². The number of aromatic nitrogens is 2. The molecule has 264 valence electrons. The van der Waals surface area contributed by atoms with E-state index in [9.17, 15) is 0 Å². The smallest absolute Gasteiger partial charge is 0.0715 e. The predicted molar refractivity (Wildman–Crippen MR) is 235 cm³/mol. The van der Waals surface area contributed by atoms with Crippen molar-refractivity contribution in [2.75, 3.05) is 4.90 Å². The number of anilines is 3. The van der Waals surface area contributed by atoms with Gasteiger partial charge in [0.25, 0.3) is 0 Å². The number of nitrogens with zero attached hydrogens (tertiary/aromatic N) is 3. The number of pyridine rings is 1. The molecule has 0 radical (unpaired) electrons. The van der Waals surface area contributed by atoms with Gasteiger partial charge in [-0.25, -0.2) is 4.98 Å². The molecule has 2 aromatic heterocycles. The Hall–Kier alpha value is -7.49. The highest BCUT2D eigenvalue weighted by Gasteiger charge is 2.17. The molecule has 0 bridgehead atoms. The lowest BCUT2D eigenvalue weighted by Gasteiger charge is -2.25. The zero-order valence-electron chi connectivity index (χ0n) is 30.7. The summed E-state index contributed by atoms with van der Waals surface area (Å²) in [5, 5.41) is 2.44. The van der Waals surface area contributed by atoms with Gasteiger partial charge in [-0.1, -0.05) is 146 Å². The van der Waals surface area contributed by atoms with Crippen molar-refractivity contribution in [2.45, 2.75) is 0 Å². The van der Waals surface area contributed by atoms with Gasteiger partial charge in [0.2, 0.25) is 0 Å². The third-order valence-electron chi connectivity index (χ3n) is 10.6. The molecule has 10 rings (SSSR count). The quantitative estimate of drug-likeness (QED) is 0.156. The van der Waals surface area contributed by atoms with Crippen LogP contribution in [0.15, 0.2) is 224 Å². The monoisotopic (exact) mass is 715 g/mol. The lowest BCUT2D eigenvalue weighted by Crippen LogP contribution is -2.09. The third kappa shape index (κ3) is 6.21. The summed E-state index contributed by atoms with van der Waals surface area (Å²) in [6, 6.07) is 79.8. The van der Waals surface area contributed by atoms with Gasteiger partial charge >= 0.3 is 0 Å². The van der Waals surface area contributed by atoms with Crippen LogP contribution >= 0.6 is 0 Å². The van der Waals surface area contributed by atoms with Crippen LogP contribution in [0.1, 0.15) is 0 Å². The van der Waals surface area contributed by atoms with E-state index in [1.807, 2.05) is 12.1 Å². The normalized spacial score (nSPS) is 11.2. The van der Waals surface area contributed by atoms with Crippen molar-refractivity contribution in [2.24, 2.45) is 0 Å². The molecule has 3 heteroatoms. The zero-order valence-corrected chi connectivity index (χ0v) is 30.7. The first-order valence-electron chi connectivity index (χ1n) is 19.0. The number of fused-ring (bicyclic) bond motifs is 3. The third-order valence-corrected chi connectivity index (χ3v) is 10.6. The molecule has 10 aromatic rings. The van der Waals surface area contributed by atoms with Crippen LogP contribution in [0.4, 0.5) is 17.1 Å². The van der Waals surface area contributed by atoms with Crippen molar-refractivity contribution in [3.63, 3.8) is 0 Å². The molecule has 0 aliphatic carbocycles. The van der Waals surface area contributed by atoms with Gasteiger partial charge < -0.3 is 9.47 Å². The number of benzene rings is 8. The summed E-state index contributed by atoms with van der Waals surface area (Å²) in [4.78, 5) is 7.42. The predicted octanol–water partition coefficient (Wildman–Crippen LogP) is 14.3. The molecule has 0 fully saturated rings. The molecular weight excluding hydrogens is 679 g/mol. The Morgan fingerprint density at radius 1 is 0.304 bits per heavy atom. The minimum atomic E-state index is 0.961. The summed E-state index contributed by atoms with van der Waals surface area (Å²) in [5.74, 6) is 0. The van der Waals surface area contributed by atoms with Crippen LogP contribution in [0, 0.1) is 0 Å². The number of para-hydroxylation sites is 3. The maximum atomic E-state index is 5.09. The van der Waals surface area contributed by atoms with E-state index in [2.05, 4.69) is 222 Å². The van der Waals surface area contributed by atoms with Gasteiger partial charge in [0.1, 0.15) is 0 Å². The molecule has 3 nitrogen and oxygen atoms in total. The summed E-state index contributed by atoms with van der Waals surface area (Å²) in [6.07, 6.45) is 0. The summed E-state index contributed by atoms with van der Waals surface area (Å²) >= 11 is 0. The average molecular weight is 716 g/mol. The Morgan fingerprint density at radius 3 is 1.41 bits per heavy atom.